The quantitative estimate of drug-likeness (QED) is 0.933. The molecule has 0 saturated heterocycles. The smallest absolute Gasteiger partial charge is 0.271 e. The molecule has 1 amide bonds. The average Bonchev–Trinajstić information content (AvgIpc) is 2.45. The molecule has 1 atom stereocenters. The summed E-state index contributed by atoms with van der Waals surface area (Å²) in [5, 5.41) is 3.58. The molecule has 5 heteroatoms. The number of amides is 1. The zero-order valence-corrected chi connectivity index (χ0v) is 11.3. The molecule has 0 saturated carbocycles. The van der Waals surface area contributed by atoms with Crippen molar-refractivity contribution < 1.29 is 4.79 Å². The fourth-order valence-electron chi connectivity index (χ4n) is 1.79. The SMILES string of the molecule is CCC(NC(=O)c1cnccn1)c1cccc(Cl)c1. The third-order valence-electron chi connectivity index (χ3n) is 2.76. The van der Waals surface area contributed by atoms with E-state index in [1.54, 1.807) is 0 Å². The number of hydrogen-bond acceptors (Lipinski definition) is 3. The van der Waals surface area contributed by atoms with E-state index in [1.165, 1.54) is 18.6 Å². The highest BCUT2D eigenvalue weighted by Gasteiger charge is 2.15. The Morgan fingerprint density at radius 2 is 2.26 bits per heavy atom. The molecule has 19 heavy (non-hydrogen) atoms. The zero-order valence-electron chi connectivity index (χ0n) is 10.5. The van der Waals surface area contributed by atoms with Gasteiger partial charge in [-0.15, -0.1) is 0 Å². The second-order valence-corrected chi connectivity index (χ2v) is 4.52. The second kappa shape index (κ2) is 6.29. The van der Waals surface area contributed by atoms with Crippen LogP contribution in [0.2, 0.25) is 5.02 Å². The van der Waals surface area contributed by atoms with Crippen molar-refractivity contribution >= 4 is 17.5 Å². The molecule has 2 aromatic rings. The van der Waals surface area contributed by atoms with Crippen molar-refractivity contribution in [1.82, 2.24) is 15.3 Å². The van der Waals surface area contributed by atoms with E-state index in [0.717, 1.165) is 12.0 Å². The maximum Gasteiger partial charge on any atom is 0.271 e. The average molecular weight is 276 g/mol. The van der Waals surface area contributed by atoms with Gasteiger partial charge in [0.15, 0.2) is 0 Å². The van der Waals surface area contributed by atoms with E-state index < -0.39 is 0 Å². The molecule has 2 rings (SSSR count). The number of carbonyl (C=O) groups excluding carboxylic acids is 1. The molecule has 0 aliphatic rings. The molecule has 1 unspecified atom stereocenters. The maximum absolute atomic E-state index is 12.0. The molecule has 1 aromatic heterocycles. The topological polar surface area (TPSA) is 54.9 Å². The Balaban J connectivity index is 2.14. The predicted molar refractivity (Wildman–Crippen MR) is 74.0 cm³/mol. The summed E-state index contributed by atoms with van der Waals surface area (Å²) in [5.41, 5.74) is 1.29. The van der Waals surface area contributed by atoms with Crippen LogP contribution in [0.4, 0.5) is 0 Å². The largest absolute Gasteiger partial charge is 0.344 e. The van der Waals surface area contributed by atoms with Gasteiger partial charge in [-0.25, -0.2) is 4.98 Å². The van der Waals surface area contributed by atoms with Gasteiger partial charge in [0.1, 0.15) is 5.69 Å². The number of rotatable bonds is 4. The van der Waals surface area contributed by atoms with Gasteiger partial charge < -0.3 is 5.32 Å². The number of nitrogens with one attached hydrogen (secondary N) is 1. The van der Waals surface area contributed by atoms with Crippen LogP contribution in [0.5, 0.6) is 0 Å². The highest BCUT2D eigenvalue weighted by atomic mass is 35.5. The number of hydrogen-bond donors (Lipinski definition) is 1. The summed E-state index contributed by atoms with van der Waals surface area (Å²) in [6, 6.07) is 7.38. The standard InChI is InChI=1S/C14H14ClN3O/c1-2-12(10-4-3-5-11(15)8-10)18-14(19)13-9-16-6-7-17-13/h3-9,12H,2H2,1H3,(H,18,19). The Morgan fingerprint density at radius 3 is 2.89 bits per heavy atom. The van der Waals surface area contributed by atoms with Crippen molar-refractivity contribution in [3.8, 4) is 0 Å². The van der Waals surface area contributed by atoms with E-state index in [1.807, 2.05) is 31.2 Å². The van der Waals surface area contributed by atoms with Gasteiger partial charge in [0.25, 0.3) is 5.91 Å². The lowest BCUT2D eigenvalue weighted by Gasteiger charge is -2.17. The maximum atomic E-state index is 12.0. The van der Waals surface area contributed by atoms with Gasteiger partial charge in [0, 0.05) is 17.4 Å². The highest BCUT2D eigenvalue weighted by Crippen LogP contribution is 2.20. The van der Waals surface area contributed by atoms with Crippen molar-refractivity contribution in [1.29, 1.82) is 0 Å². The summed E-state index contributed by atoms with van der Waals surface area (Å²) in [7, 11) is 0. The molecular weight excluding hydrogens is 262 g/mol. The van der Waals surface area contributed by atoms with Crippen molar-refractivity contribution in [3.63, 3.8) is 0 Å². The van der Waals surface area contributed by atoms with E-state index in [2.05, 4.69) is 15.3 Å². The Hall–Kier alpha value is -1.94. The molecule has 0 bridgehead atoms. The molecule has 1 N–H and O–H groups in total. The van der Waals surface area contributed by atoms with E-state index >= 15 is 0 Å². The molecule has 0 aliphatic heterocycles. The fraction of sp³-hybridized carbons (Fsp3) is 0.214. The van der Waals surface area contributed by atoms with E-state index in [4.69, 9.17) is 11.6 Å². The molecule has 1 aromatic carbocycles. The minimum atomic E-state index is -0.236. The van der Waals surface area contributed by atoms with Gasteiger partial charge in [-0.2, -0.15) is 0 Å². The van der Waals surface area contributed by atoms with E-state index in [-0.39, 0.29) is 11.9 Å². The van der Waals surface area contributed by atoms with Crippen LogP contribution in [0, 0.1) is 0 Å². The molecule has 0 fully saturated rings. The first kappa shape index (κ1) is 13.5. The molecular formula is C14H14ClN3O. The monoisotopic (exact) mass is 275 g/mol. The Kier molecular flexibility index (Phi) is 4.47. The van der Waals surface area contributed by atoms with E-state index in [9.17, 15) is 4.79 Å². The Labute approximate surface area is 116 Å². The number of carbonyl (C=O) groups is 1. The van der Waals surface area contributed by atoms with Crippen molar-refractivity contribution in [2.45, 2.75) is 19.4 Å². The van der Waals surface area contributed by atoms with Crippen molar-refractivity contribution in [2.75, 3.05) is 0 Å². The van der Waals surface area contributed by atoms with E-state index in [0.29, 0.717) is 10.7 Å². The first-order chi connectivity index (χ1) is 9.20. The van der Waals surface area contributed by atoms with Gasteiger partial charge in [-0.1, -0.05) is 30.7 Å². The fourth-order valence-corrected chi connectivity index (χ4v) is 1.99. The number of aromatic nitrogens is 2. The van der Waals surface area contributed by atoms with Crippen LogP contribution in [0.1, 0.15) is 35.4 Å². The summed E-state index contributed by atoms with van der Waals surface area (Å²) in [5.74, 6) is -0.236. The lowest BCUT2D eigenvalue weighted by molar-refractivity contribution is 0.0930. The summed E-state index contributed by atoms with van der Waals surface area (Å²) >= 11 is 5.96. The molecule has 98 valence electrons. The number of nitrogens with zero attached hydrogens (tertiary/aromatic N) is 2. The normalized spacial score (nSPS) is 11.9. The van der Waals surface area contributed by atoms with Crippen molar-refractivity contribution in [2.24, 2.45) is 0 Å². The minimum absolute atomic E-state index is 0.0896. The first-order valence-electron chi connectivity index (χ1n) is 6.03. The van der Waals surface area contributed by atoms with Gasteiger partial charge in [0.05, 0.1) is 12.2 Å². The van der Waals surface area contributed by atoms with Crippen LogP contribution in [-0.4, -0.2) is 15.9 Å². The van der Waals surface area contributed by atoms with Crippen LogP contribution in [-0.2, 0) is 0 Å². The summed E-state index contributed by atoms with van der Waals surface area (Å²) < 4.78 is 0. The van der Waals surface area contributed by atoms with Gasteiger partial charge >= 0.3 is 0 Å². The molecule has 0 spiro atoms. The molecule has 0 aliphatic carbocycles. The van der Waals surface area contributed by atoms with Crippen LogP contribution >= 0.6 is 11.6 Å². The Bertz CT molecular complexity index is 560. The van der Waals surface area contributed by atoms with Gasteiger partial charge in [-0.3, -0.25) is 9.78 Å². The molecule has 1 heterocycles. The summed E-state index contributed by atoms with van der Waals surface area (Å²) in [6.07, 6.45) is 5.24. The number of halogens is 1. The van der Waals surface area contributed by atoms with Crippen LogP contribution in [0.25, 0.3) is 0 Å². The number of benzene rings is 1. The van der Waals surface area contributed by atoms with Crippen molar-refractivity contribution in [3.05, 3.63) is 59.1 Å². The molecule has 0 radical (unpaired) electrons. The van der Waals surface area contributed by atoms with Crippen LogP contribution in [0.3, 0.4) is 0 Å². The Morgan fingerprint density at radius 1 is 1.42 bits per heavy atom. The van der Waals surface area contributed by atoms with Crippen LogP contribution in [0.15, 0.2) is 42.9 Å². The van der Waals surface area contributed by atoms with Gasteiger partial charge in [-0.05, 0) is 24.1 Å². The lowest BCUT2D eigenvalue weighted by Crippen LogP contribution is -2.28. The van der Waals surface area contributed by atoms with Gasteiger partial charge in [0.2, 0.25) is 0 Å². The lowest BCUT2D eigenvalue weighted by atomic mass is 10.0. The third-order valence-corrected chi connectivity index (χ3v) is 3.00. The van der Waals surface area contributed by atoms with Crippen LogP contribution < -0.4 is 5.32 Å². The summed E-state index contributed by atoms with van der Waals surface area (Å²) in [6.45, 7) is 2.00. The minimum Gasteiger partial charge on any atom is -0.344 e. The second-order valence-electron chi connectivity index (χ2n) is 4.08. The third kappa shape index (κ3) is 3.51. The molecule has 4 nitrogen and oxygen atoms in total. The predicted octanol–water partition coefficient (Wildman–Crippen LogP) is 3.01. The first-order valence-corrected chi connectivity index (χ1v) is 6.41. The summed E-state index contributed by atoms with van der Waals surface area (Å²) in [4.78, 5) is 19.9. The zero-order chi connectivity index (χ0) is 13.7. The highest BCUT2D eigenvalue weighted by molar-refractivity contribution is 6.30.